The van der Waals surface area contributed by atoms with E-state index in [0.717, 1.165) is 23.1 Å². The Kier molecular flexibility index (Phi) is 10.1. The van der Waals surface area contributed by atoms with Crippen molar-refractivity contribution in [1.29, 1.82) is 0 Å². The van der Waals surface area contributed by atoms with Gasteiger partial charge in [0.25, 0.3) is 0 Å². The highest BCUT2D eigenvalue weighted by Crippen LogP contribution is 2.55. The van der Waals surface area contributed by atoms with Gasteiger partial charge in [0.15, 0.2) is 0 Å². The van der Waals surface area contributed by atoms with Crippen LogP contribution in [0.25, 0.3) is 5.57 Å². The van der Waals surface area contributed by atoms with Gasteiger partial charge in [0.2, 0.25) is 11.8 Å². The lowest BCUT2D eigenvalue weighted by atomic mass is 9.58. The van der Waals surface area contributed by atoms with Crippen molar-refractivity contribution in [3.8, 4) is 0 Å². The Morgan fingerprint density at radius 1 is 0.843 bits per heavy atom. The number of hydrogen-bond donors (Lipinski definition) is 2. The first-order valence-corrected chi connectivity index (χ1v) is 18.1. The number of aromatic carboxylic acids is 1. The molecule has 1 saturated heterocycles. The molecule has 9 heteroatoms. The zero-order chi connectivity index (χ0) is 37.6. The number of alkyl carbamates (subject to hydrolysis) is 1. The number of rotatable bonds is 6. The lowest BCUT2D eigenvalue weighted by Gasteiger charge is -2.52. The normalized spacial score (nSPS) is 22.1. The molecule has 2 aromatic rings. The first-order valence-electron chi connectivity index (χ1n) is 18.1. The van der Waals surface area contributed by atoms with Gasteiger partial charge in [0, 0.05) is 37.0 Å². The lowest BCUT2D eigenvalue weighted by Crippen LogP contribution is -2.60. The summed E-state index contributed by atoms with van der Waals surface area (Å²) < 4.78 is 5.49. The van der Waals surface area contributed by atoms with E-state index in [1.54, 1.807) is 37.8 Å². The molecule has 0 bridgehead atoms. The van der Waals surface area contributed by atoms with Crippen LogP contribution in [-0.4, -0.2) is 76.6 Å². The molecule has 274 valence electrons. The number of amides is 3. The van der Waals surface area contributed by atoms with Crippen molar-refractivity contribution >= 4 is 29.5 Å². The molecule has 0 aromatic heterocycles. The molecule has 2 N–H and O–H groups in total. The highest BCUT2D eigenvalue weighted by molar-refractivity contribution is 5.91. The van der Waals surface area contributed by atoms with Crippen LogP contribution in [0.4, 0.5) is 4.79 Å². The highest BCUT2D eigenvalue weighted by Gasteiger charge is 2.51. The molecule has 0 saturated carbocycles. The number of fused-ring (bicyclic) bond motifs is 1. The number of carbonyl (C=O) groups excluding carboxylic acids is 3. The van der Waals surface area contributed by atoms with Crippen LogP contribution in [0.5, 0.6) is 0 Å². The minimum atomic E-state index is -0.944. The summed E-state index contributed by atoms with van der Waals surface area (Å²) in [6.07, 6.45) is 5.55. The predicted octanol–water partition coefficient (Wildman–Crippen LogP) is 7.47. The minimum Gasteiger partial charge on any atom is -0.478 e. The summed E-state index contributed by atoms with van der Waals surface area (Å²) in [5.41, 5.74) is 2.03. The van der Waals surface area contributed by atoms with E-state index in [0.29, 0.717) is 39.0 Å². The maximum Gasteiger partial charge on any atom is 0.408 e. The van der Waals surface area contributed by atoms with Gasteiger partial charge in [-0.1, -0.05) is 102 Å². The average molecular weight is 698 g/mol. The number of nitrogens with zero attached hydrogens (tertiary/aromatic N) is 2. The monoisotopic (exact) mass is 697 g/mol. The maximum absolute atomic E-state index is 14.9. The number of carboxylic acid groups (broad SMARTS) is 1. The molecule has 51 heavy (non-hydrogen) atoms. The van der Waals surface area contributed by atoms with E-state index >= 15 is 0 Å². The average Bonchev–Trinajstić information content (AvgIpc) is 3.05. The summed E-state index contributed by atoms with van der Waals surface area (Å²) in [6.45, 7) is 19.6. The van der Waals surface area contributed by atoms with E-state index in [9.17, 15) is 24.3 Å². The Hall–Kier alpha value is -4.40. The largest absolute Gasteiger partial charge is 0.478 e. The van der Waals surface area contributed by atoms with Crippen molar-refractivity contribution in [3.05, 3.63) is 89.0 Å². The SMILES string of the molecule is CC(C)(C)OC(=O)NC(C(=O)N1CCC(C(=O)N2CC=C3C(C)(C)C(c4ccc(C(=O)O)cc4)=CC[C@]3(C)C2)(c2ccccc2)CC1)C(C)(C)C. The smallest absolute Gasteiger partial charge is 0.408 e. The molecule has 3 amide bonds. The summed E-state index contributed by atoms with van der Waals surface area (Å²) >= 11 is 0. The van der Waals surface area contributed by atoms with Crippen molar-refractivity contribution in [2.24, 2.45) is 16.2 Å². The van der Waals surface area contributed by atoms with Crippen LogP contribution >= 0.6 is 0 Å². The third kappa shape index (κ3) is 7.63. The van der Waals surface area contributed by atoms with Gasteiger partial charge in [-0.3, -0.25) is 9.59 Å². The van der Waals surface area contributed by atoms with Gasteiger partial charge in [0.05, 0.1) is 11.0 Å². The number of piperidine rings is 1. The number of hydrogen-bond acceptors (Lipinski definition) is 5. The number of nitrogens with one attached hydrogen (secondary N) is 1. The Balaban J connectivity index is 1.37. The summed E-state index contributed by atoms with van der Waals surface area (Å²) in [5.74, 6) is -1.04. The van der Waals surface area contributed by atoms with Gasteiger partial charge in [-0.2, -0.15) is 0 Å². The van der Waals surface area contributed by atoms with Gasteiger partial charge in [-0.15, -0.1) is 0 Å². The summed E-state index contributed by atoms with van der Waals surface area (Å²) in [7, 11) is 0. The number of carboxylic acids is 1. The number of carbonyl (C=O) groups is 4. The second-order valence-corrected chi connectivity index (χ2v) is 17.4. The number of allylic oxidation sites excluding steroid dienone is 2. The molecule has 0 spiro atoms. The summed E-state index contributed by atoms with van der Waals surface area (Å²) in [4.78, 5) is 57.0. The zero-order valence-corrected chi connectivity index (χ0v) is 31.8. The predicted molar refractivity (Wildman–Crippen MR) is 199 cm³/mol. The second kappa shape index (κ2) is 13.6. The van der Waals surface area contributed by atoms with Crippen molar-refractivity contribution in [2.45, 2.75) is 98.6 Å². The molecule has 9 nitrogen and oxygen atoms in total. The topological polar surface area (TPSA) is 116 Å². The zero-order valence-electron chi connectivity index (χ0n) is 31.8. The minimum absolute atomic E-state index is 0.0772. The van der Waals surface area contributed by atoms with Crippen LogP contribution in [0, 0.1) is 16.2 Å². The van der Waals surface area contributed by atoms with Crippen molar-refractivity contribution in [1.82, 2.24) is 15.1 Å². The number of likely N-dealkylation sites (tertiary alicyclic amines) is 1. The van der Waals surface area contributed by atoms with Crippen LogP contribution in [0.3, 0.4) is 0 Å². The first kappa shape index (κ1) is 37.8. The van der Waals surface area contributed by atoms with Crippen LogP contribution in [0.15, 0.2) is 72.3 Å². The Labute approximate surface area is 303 Å². The quantitative estimate of drug-likeness (QED) is 0.303. The lowest BCUT2D eigenvalue weighted by molar-refractivity contribution is -0.145. The maximum atomic E-state index is 14.9. The third-order valence-corrected chi connectivity index (χ3v) is 11.0. The number of ether oxygens (including phenoxy) is 1. The van der Waals surface area contributed by atoms with Crippen LogP contribution in [-0.2, 0) is 19.7 Å². The molecule has 3 aliphatic rings. The van der Waals surface area contributed by atoms with Gasteiger partial charge in [-0.05, 0) is 74.3 Å². The Morgan fingerprint density at radius 2 is 1.45 bits per heavy atom. The first-order chi connectivity index (χ1) is 23.7. The van der Waals surface area contributed by atoms with E-state index in [2.05, 4.69) is 38.2 Å². The summed E-state index contributed by atoms with van der Waals surface area (Å²) in [6, 6.07) is 16.2. The molecular formula is C42H55N3O6. The van der Waals surface area contributed by atoms with Gasteiger partial charge in [0.1, 0.15) is 11.6 Å². The fourth-order valence-electron chi connectivity index (χ4n) is 8.41. The molecule has 2 heterocycles. The molecule has 2 aliphatic heterocycles. The molecule has 5 rings (SSSR count). The van der Waals surface area contributed by atoms with Crippen molar-refractivity contribution in [3.63, 3.8) is 0 Å². The van der Waals surface area contributed by atoms with Crippen molar-refractivity contribution < 1.29 is 29.0 Å². The third-order valence-electron chi connectivity index (χ3n) is 11.0. The Morgan fingerprint density at radius 3 is 2.00 bits per heavy atom. The fraction of sp³-hybridized carbons (Fsp3) is 0.524. The molecule has 0 radical (unpaired) electrons. The van der Waals surface area contributed by atoms with Crippen LogP contribution in [0.1, 0.15) is 103 Å². The standard InChI is InChI=1S/C42H55N3O6/c1-38(2,3)33(43-37(50)51-39(4,5)6)34(46)44-25-22-42(23-26-44,30-13-11-10-12-14-30)36(49)45-24-20-32-40(7,8)31(19-21-41(32,9)27-45)28-15-17-29(18-16-28)35(47)48/h10-20,33H,21-27H2,1-9H3,(H,43,50)(H,47,48)/t33?,41-/m1/s1. The van der Waals surface area contributed by atoms with E-state index in [1.165, 1.54) is 5.57 Å². The van der Waals surface area contributed by atoms with E-state index in [4.69, 9.17) is 4.74 Å². The van der Waals surface area contributed by atoms with E-state index < -0.39 is 34.5 Å². The Bertz CT molecular complexity index is 1720. The van der Waals surface area contributed by atoms with E-state index in [1.807, 2.05) is 68.1 Å². The molecule has 2 atom stereocenters. The van der Waals surface area contributed by atoms with Gasteiger partial charge >= 0.3 is 12.1 Å². The van der Waals surface area contributed by atoms with Gasteiger partial charge in [-0.25, -0.2) is 9.59 Å². The van der Waals surface area contributed by atoms with Gasteiger partial charge < -0.3 is 25.0 Å². The second-order valence-electron chi connectivity index (χ2n) is 17.4. The molecule has 2 aromatic carbocycles. The fourth-order valence-corrected chi connectivity index (χ4v) is 8.41. The highest BCUT2D eigenvalue weighted by atomic mass is 16.6. The molecule has 1 unspecified atom stereocenters. The number of benzene rings is 2. The van der Waals surface area contributed by atoms with E-state index in [-0.39, 0.29) is 28.2 Å². The van der Waals surface area contributed by atoms with Crippen molar-refractivity contribution in [2.75, 3.05) is 26.2 Å². The molecular weight excluding hydrogens is 642 g/mol. The molecule has 1 aliphatic carbocycles. The molecule has 1 fully saturated rings. The van der Waals surface area contributed by atoms with Crippen LogP contribution in [0.2, 0.25) is 0 Å². The summed E-state index contributed by atoms with van der Waals surface area (Å²) in [5, 5.41) is 12.2. The van der Waals surface area contributed by atoms with Crippen LogP contribution < -0.4 is 5.32 Å².